The van der Waals surface area contributed by atoms with Gasteiger partial charge in [-0.05, 0) is 24.3 Å². The maximum absolute atomic E-state index is 12.7. The van der Waals surface area contributed by atoms with Crippen molar-refractivity contribution in [2.45, 2.75) is 12.5 Å². The number of carbonyl (C=O) groups excluding carboxylic acids is 1. The third kappa shape index (κ3) is 2.87. The summed E-state index contributed by atoms with van der Waals surface area (Å²) in [5.74, 6) is -0.307. The van der Waals surface area contributed by atoms with Crippen LogP contribution >= 0.6 is 0 Å². The number of morpholine rings is 1. The number of benzene rings is 1. The molecule has 1 aromatic carbocycles. The van der Waals surface area contributed by atoms with Crippen LogP contribution in [0.15, 0.2) is 24.3 Å². The van der Waals surface area contributed by atoms with E-state index in [4.69, 9.17) is 4.74 Å². The minimum atomic E-state index is -0.323. The summed E-state index contributed by atoms with van der Waals surface area (Å²) in [6.45, 7) is 2.04. The molecule has 0 amide bonds. The molecule has 86 valence electrons. The fourth-order valence-corrected chi connectivity index (χ4v) is 1.73. The topological polar surface area (TPSA) is 38.3 Å². The van der Waals surface area contributed by atoms with Gasteiger partial charge in [-0.15, -0.1) is 0 Å². The van der Waals surface area contributed by atoms with E-state index in [1.807, 2.05) is 0 Å². The highest BCUT2D eigenvalue weighted by Crippen LogP contribution is 2.08. The van der Waals surface area contributed by atoms with E-state index in [9.17, 15) is 9.18 Å². The largest absolute Gasteiger partial charge is 0.378 e. The number of rotatable bonds is 3. The van der Waals surface area contributed by atoms with Gasteiger partial charge >= 0.3 is 0 Å². The van der Waals surface area contributed by atoms with Gasteiger partial charge in [-0.1, -0.05) is 0 Å². The molecule has 0 radical (unpaired) electrons. The lowest BCUT2D eigenvalue weighted by molar-refractivity contribution is 0.0676. The molecular weight excluding hydrogens is 209 g/mol. The van der Waals surface area contributed by atoms with Crippen molar-refractivity contribution in [2.24, 2.45) is 0 Å². The molecule has 1 saturated heterocycles. The average molecular weight is 223 g/mol. The Labute approximate surface area is 93.6 Å². The van der Waals surface area contributed by atoms with E-state index in [2.05, 4.69) is 5.32 Å². The Morgan fingerprint density at radius 3 is 2.81 bits per heavy atom. The highest BCUT2D eigenvalue weighted by atomic mass is 19.1. The molecule has 1 heterocycles. The summed E-state index contributed by atoms with van der Waals surface area (Å²) in [7, 11) is 0. The van der Waals surface area contributed by atoms with E-state index >= 15 is 0 Å². The molecule has 16 heavy (non-hydrogen) atoms. The number of hydrogen-bond donors (Lipinski definition) is 1. The first-order valence-corrected chi connectivity index (χ1v) is 5.35. The Balaban J connectivity index is 1.94. The Hall–Kier alpha value is -1.26. The molecule has 1 unspecified atom stereocenters. The number of halogens is 1. The molecule has 0 aliphatic carbocycles. The first-order chi connectivity index (χ1) is 7.75. The summed E-state index contributed by atoms with van der Waals surface area (Å²) in [5, 5.41) is 3.21. The predicted molar refractivity (Wildman–Crippen MR) is 58.0 cm³/mol. The van der Waals surface area contributed by atoms with Crippen molar-refractivity contribution in [1.29, 1.82) is 0 Å². The summed E-state index contributed by atoms with van der Waals surface area (Å²) < 4.78 is 17.9. The zero-order chi connectivity index (χ0) is 11.4. The fraction of sp³-hybridized carbons (Fsp3) is 0.417. The van der Waals surface area contributed by atoms with E-state index in [0.29, 0.717) is 25.2 Å². The molecule has 0 bridgehead atoms. The third-order valence-corrected chi connectivity index (χ3v) is 2.60. The summed E-state index contributed by atoms with van der Waals surface area (Å²) >= 11 is 0. The number of ether oxygens (including phenoxy) is 1. The molecule has 3 nitrogen and oxygen atoms in total. The lowest BCUT2D eigenvalue weighted by Crippen LogP contribution is -2.42. The SMILES string of the molecule is O=C(CC1COCCN1)c1ccc(F)cc1. The molecule has 1 aliphatic rings. The standard InChI is InChI=1S/C12H14FNO2/c13-10-3-1-9(2-4-10)12(15)7-11-8-16-6-5-14-11/h1-4,11,14H,5-8H2. The smallest absolute Gasteiger partial charge is 0.164 e. The van der Waals surface area contributed by atoms with Crippen molar-refractivity contribution in [3.8, 4) is 0 Å². The van der Waals surface area contributed by atoms with E-state index < -0.39 is 0 Å². The normalized spacial score (nSPS) is 20.7. The Morgan fingerprint density at radius 2 is 2.19 bits per heavy atom. The molecule has 0 saturated carbocycles. The second kappa shape index (κ2) is 5.18. The van der Waals surface area contributed by atoms with Gasteiger partial charge in [0, 0.05) is 24.6 Å². The number of carbonyl (C=O) groups is 1. The van der Waals surface area contributed by atoms with Crippen LogP contribution in [0, 0.1) is 5.82 Å². The fourth-order valence-electron chi connectivity index (χ4n) is 1.73. The van der Waals surface area contributed by atoms with Gasteiger partial charge in [0.2, 0.25) is 0 Å². The minimum Gasteiger partial charge on any atom is -0.378 e. The minimum absolute atomic E-state index is 0.0167. The maximum atomic E-state index is 12.7. The average Bonchev–Trinajstić information content (AvgIpc) is 2.31. The molecule has 1 atom stereocenters. The quantitative estimate of drug-likeness (QED) is 0.787. The zero-order valence-corrected chi connectivity index (χ0v) is 8.91. The number of hydrogen-bond acceptors (Lipinski definition) is 3. The van der Waals surface area contributed by atoms with Crippen LogP contribution in [0.3, 0.4) is 0 Å². The summed E-state index contributed by atoms with van der Waals surface area (Å²) in [4.78, 5) is 11.8. The highest BCUT2D eigenvalue weighted by molar-refractivity contribution is 5.96. The summed E-state index contributed by atoms with van der Waals surface area (Å²) in [6.07, 6.45) is 0.394. The first-order valence-electron chi connectivity index (χ1n) is 5.35. The Kier molecular flexibility index (Phi) is 3.64. The summed E-state index contributed by atoms with van der Waals surface area (Å²) in [5.41, 5.74) is 0.550. The Bertz CT molecular complexity index is 358. The van der Waals surface area contributed by atoms with Crippen molar-refractivity contribution < 1.29 is 13.9 Å². The second-order valence-electron chi connectivity index (χ2n) is 3.86. The van der Waals surface area contributed by atoms with Gasteiger partial charge in [0.25, 0.3) is 0 Å². The van der Waals surface area contributed by atoms with Crippen molar-refractivity contribution >= 4 is 5.78 Å². The first kappa shape index (κ1) is 11.2. The van der Waals surface area contributed by atoms with Crippen molar-refractivity contribution in [1.82, 2.24) is 5.32 Å². The van der Waals surface area contributed by atoms with E-state index in [1.165, 1.54) is 24.3 Å². The number of ketones is 1. The molecule has 1 aromatic rings. The lowest BCUT2D eigenvalue weighted by Gasteiger charge is -2.23. The van der Waals surface area contributed by atoms with Crippen LogP contribution < -0.4 is 5.32 Å². The molecule has 1 aliphatic heterocycles. The molecular formula is C12H14FNO2. The third-order valence-electron chi connectivity index (χ3n) is 2.60. The molecule has 0 aromatic heterocycles. The zero-order valence-electron chi connectivity index (χ0n) is 8.91. The summed E-state index contributed by atoms with van der Waals surface area (Å²) in [6, 6.07) is 5.71. The molecule has 0 spiro atoms. The molecule has 2 rings (SSSR count). The van der Waals surface area contributed by atoms with Crippen LogP contribution in [-0.4, -0.2) is 31.6 Å². The lowest BCUT2D eigenvalue weighted by atomic mass is 10.0. The van der Waals surface area contributed by atoms with Crippen LogP contribution in [0.5, 0.6) is 0 Å². The highest BCUT2D eigenvalue weighted by Gasteiger charge is 2.17. The van der Waals surface area contributed by atoms with Gasteiger partial charge < -0.3 is 10.1 Å². The molecule has 4 heteroatoms. The van der Waals surface area contributed by atoms with Crippen LogP contribution in [0.25, 0.3) is 0 Å². The number of Topliss-reactive ketones (excluding diaryl/α,β-unsaturated/α-hetero) is 1. The van der Waals surface area contributed by atoms with E-state index in [-0.39, 0.29) is 17.6 Å². The van der Waals surface area contributed by atoms with Gasteiger partial charge in [0.05, 0.1) is 13.2 Å². The van der Waals surface area contributed by atoms with Gasteiger partial charge in [0.1, 0.15) is 5.82 Å². The molecule has 1 fully saturated rings. The van der Waals surface area contributed by atoms with Gasteiger partial charge in [-0.2, -0.15) is 0 Å². The maximum Gasteiger partial charge on any atom is 0.164 e. The van der Waals surface area contributed by atoms with Gasteiger partial charge in [0.15, 0.2) is 5.78 Å². The van der Waals surface area contributed by atoms with Crippen molar-refractivity contribution in [2.75, 3.05) is 19.8 Å². The molecule has 1 N–H and O–H groups in total. The van der Waals surface area contributed by atoms with Crippen LogP contribution in [0.2, 0.25) is 0 Å². The van der Waals surface area contributed by atoms with E-state index in [1.54, 1.807) is 0 Å². The number of nitrogens with one attached hydrogen (secondary N) is 1. The van der Waals surface area contributed by atoms with Gasteiger partial charge in [-0.25, -0.2) is 4.39 Å². The second-order valence-corrected chi connectivity index (χ2v) is 3.86. The monoisotopic (exact) mass is 223 g/mol. The van der Waals surface area contributed by atoms with E-state index in [0.717, 1.165) is 6.54 Å². The predicted octanol–water partition coefficient (Wildman–Crippen LogP) is 1.39. The van der Waals surface area contributed by atoms with Crippen LogP contribution in [-0.2, 0) is 4.74 Å². The van der Waals surface area contributed by atoms with Crippen LogP contribution in [0.1, 0.15) is 16.8 Å². The van der Waals surface area contributed by atoms with Crippen molar-refractivity contribution in [3.63, 3.8) is 0 Å². The van der Waals surface area contributed by atoms with Gasteiger partial charge in [-0.3, -0.25) is 4.79 Å². The van der Waals surface area contributed by atoms with Crippen molar-refractivity contribution in [3.05, 3.63) is 35.6 Å². The van der Waals surface area contributed by atoms with Crippen LogP contribution in [0.4, 0.5) is 4.39 Å². The Morgan fingerprint density at radius 1 is 1.44 bits per heavy atom.